The molecule has 3 N–H and O–H groups in total. The van der Waals surface area contributed by atoms with Crippen LogP contribution in [0.5, 0.6) is 11.5 Å². The van der Waals surface area contributed by atoms with Gasteiger partial charge in [0.15, 0.2) is 11.5 Å². The van der Waals surface area contributed by atoms with Crippen molar-refractivity contribution in [2.45, 2.75) is 13.3 Å². The van der Waals surface area contributed by atoms with Crippen molar-refractivity contribution < 1.29 is 9.47 Å². The van der Waals surface area contributed by atoms with E-state index in [4.69, 9.17) is 15.2 Å². The zero-order chi connectivity index (χ0) is 12.5. The van der Waals surface area contributed by atoms with Crippen LogP contribution < -0.4 is 15.2 Å². The number of benzene rings is 1. The number of nitrogens with one attached hydrogen (secondary N) is 1. The first kappa shape index (κ1) is 11.0. The van der Waals surface area contributed by atoms with Gasteiger partial charge in [0.2, 0.25) is 0 Å². The van der Waals surface area contributed by atoms with Crippen LogP contribution in [0.1, 0.15) is 12.5 Å². The zero-order valence-electron chi connectivity index (χ0n) is 10.2. The van der Waals surface area contributed by atoms with Crippen LogP contribution >= 0.6 is 0 Å². The van der Waals surface area contributed by atoms with Gasteiger partial charge in [-0.2, -0.15) is 5.10 Å². The summed E-state index contributed by atoms with van der Waals surface area (Å²) in [6, 6.07) is 4.00. The Balaban J connectivity index is 2.16. The molecule has 1 aromatic heterocycles. The number of aryl methyl sites for hydroxylation is 1. The second-order valence-electron chi connectivity index (χ2n) is 4.20. The Hall–Kier alpha value is -2.17. The van der Waals surface area contributed by atoms with Crippen LogP contribution in [-0.2, 0) is 6.42 Å². The van der Waals surface area contributed by atoms with Crippen molar-refractivity contribution >= 4 is 5.82 Å². The Morgan fingerprint density at radius 1 is 1.22 bits per heavy atom. The third-order valence-corrected chi connectivity index (χ3v) is 3.11. The van der Waals surface area contributed by atoms with Crippen molar-refractivity contribution in [3.05, 3.63) is 23.9 Å². The van der Waals surface area contributed by atoms with Gasteiger partial charge < -0.3 is 15.2 Å². The van der Waals surface area contributed by atoms with Crippen LogP contribution in [0.3, 0.4) is 0 Å². The molecule has 5 nitrogen and oxygen atoms in total. The van der Waals surface area contributed by atoms with Gasteiger partial charge in [-0.05, 0) is 29.7 Å². The highest BCUT2D eigenvalue weighted by Crippen LogP contribution is 2.38. The smallest absolute Gasteiger partial charge is 0.162 e. The largest absolute Gasteiger partial charge is 0.486 e. The Labute approximate surface area is 105 Å². The highest BCUT2D eigenvalue weighted by Gasteiger charge is 2.17. The van der Waals surface area contributed by atoms with Gasteiger partial charge >= 0.3 is 0 Å². The summed E-state index contributed by atoms with van der Waals surface area (Å²) in [6.07, 6.45) is 2.64. The Bertz CT molecular complexity index is 578. The number of aromatic amines is 1. The minimum Gasteiger partial charge on any atom is -0.486 e. The molecule has 1 aromatic carbocycles. The molecule has 0 radical (unpaired) electrons. The van der Waals surface area contributed by atoms with Crippen LogP contribution in [0, 0.1) is 0 Å². The van der Waals surface area contributed by atoms with E-state index in [0.29, 0.717) is 19.0 Å². The lowest BCUT2D eigenvalue weighted by Gasteiger charge is -2.20. The van der Waals surface area contributed by atoms with Crippen LogP contribution in [0.2, 0.25) is 0 Å². The predicted molar refractivity (Wildman–Crippen MR) is 68.8 cm³/mol. The van der Waals surface area contributed by atoms with Gasteiger partial charge in [0.25, 0.3) is 0 Å². The molecule has 2 heterocycles. The number of ether oxygens (including phenoxy) is 2. The lowest BCUT2D eigenvalue weighted by atomic mass is 9.99. The molecule has 0 aliphatic carbocycles. The SMILES string of the molecule is CCc1cc2c(cc1-c1cn[nH]c1N)OCCO2. The number of fused-ring (bicyclic) bond motifs is 1. The normalized spacial score (nSPS) is 13.6. The van der Waals surface area contributed by atoms with Gasteiger partial charge in [0, 0.05) is 5.56 Å². The molecular weight excluding hydrogens is 230 g/mol. The number of hydrogen-bond donors (Lipinski definition) is 2. The number of nitrogens with zero attached hydrogens (tertiary/aromatic N) is 1. The van der Waals surface area contributed by atoms with Gasteiger partial charge in [0.05, 0.1) is 6.20 Å². The summed E-state index contributed by atoms with van der Waals surface area (Å²) in [5, 5.41) is 6.72. The van der Waals surface area contributed by atoms with Crippen molar-refractivity contribution in [1.29, 1.82) is 0 Å². The van der Waals surface area contributed by atoms with Gasteiger partial charge in [-0.3, -0.25) is 5.10 Å². The third kappa shape index (κ3) is 1.68. The average molecular weight is 245 g/mol. The first-order valence-electron chi connectivity index (χ1n) is 6.01. The number of H-pyrrole nitrogens is 1. The average Bonchev–Trinajstić information content (AvgIpc) is 2.83. The molecule has 5 heteroatoms. The molecule has 2 aromatic rings. The first-order chi connectivity index (χ1) is 8.79. The van der Waals surface area contributed by atoms with Gasteiger partial charge in [-0.15, -0.1) is 0 Å². The van der Waals surface area contributed by atoms with E-state index in [-0.39, 0.29) is 0 Å². The molecule has 0 amide bonds. The molecule has 0 atom stereocenters. The van der Waals surface area contributed by atoms with E-state index < -0.39 is 0 Å². The van der Waals surface area contributed by atoms with Crippen molar-refractivity contribution in [3.8, 4) is 22.6 Å². The van der Waals surface area contributed by atoms with Crippen LogP contribution in [0.25, 0.3) is 11.1 Å². The topological polar surface area (TPSA) is 73.2 Å². The van der Waals surface area contributed by atoms with Crippen LogP contribution in [0.4, 0.5) is 5.82 Å². The third-order valence-electron chi connectivity index (χ3n) is 3.11. The van der Waals surface area contributed by atoms with E-state index in [1.165, 1.54) is 5.56 Å². The number of anilines is 1. The molecule has 3 rings (SSSR count). The highest BCUT2D eigenvalue weighted by molar-refractivity contribution is 5.78. The number of hydrogen-bond acceptors (Lipinski definition) is 4. The molecule has 1 aliphatic heterocycles. The van der Waals surface area contributed by atoms with Crippen molar-refractivity contribution in [3.63, 3.8) is 0 Å². The summed E-state index contributed by atoms with van der Waals surface area (Å²) in [4.78, 5) is 0. The molecule has 0 unspecified atom stereocenters. The molecule has 18 heavy (non-hydrogen) atoms. The second kappa shape index (κ2) is 4.25. The maximum atomic E-state index is 5.88. The first-order valence-corrected chi connectivity index (χ1v) is 6.01. The fourth-order valence-electron chi connectivity index (χ4n) is 2.18. The quantitative estimate of drug-likeness (QED) is 0.848. The molecular formula is C13H15N3O2. The number of nitrogen functional groups attached to an aromatic ring is 1. The summed E-state index contributed by atoms with van der Waals surface area (Å²) >= 11 is 0. The van der Waals surface area contributed by atoms with E-state index in [2.05, 4.69) is 17.1 Å². The highest BCUT2D eigenvalue weighted by atomic mass is 16.6. The summed E-state index contributed by atoms with van der Waals surface area (Å²) in [6.45, 7) is 3.29. The maximum Gasteiger partial charge on any atom is 0.162 e. The molecule has 0 saturated carbocycles. The van der Waals surface area contributed by atoms with Gasteiger partial charge in [0.1, 0.15) is 19.0 Å². The van der Waals surface area contributed by atoms with Crippen LogP contribution in [-0.4, -0.2) is 23.4 Å². The Morgan fingerprint density at radius 2 is 1.94 bits per heavy atom. The van der Waals surface area contributed by atoms with Crippen molar-refractivity contribution in [2.24, 2.45) is 0 Å². The van der Waals surface area contributed by atoms with E-state index in [0.717, 1.165) is 29.0 Å². The summed E-state index contributed by atoms with van der Waals surface area (Å²) in [5.74, 6) is 2.15. The molecule has 0 bridgehead atoms. The minimum absolute atomic E-state index is 0.571. The predicted octanol–water partition coefficient (Wildman–Crippen LogP) is 1.99. The van der Waals surface area contributed by atoms with E-state index in [1.807, 2.05) is 12.1 Å². The zero-order valence-corrected chi connectivity index (χ0v) is 10.2. The Morgan fingerprint density at radius 3 is 2.56 bits per heavy atom. The number of rotatable bonds is 2. The monoisotopic (exact) mass is 245 g/mol. The molecule has 1 aliphatic rings. The molecule has 0 fully saturated rings. The molecule has 94 valence electrons. The number of nitrogens with two attached hydrogens (primary N) is 1. The van der Waals surface area contributed by atoms with Crippen LogP contribution in [0.15, 0.2) is 18.3 Å². The lowest BCUT2D eigenvalue weighted by molar-refractivity contribution is 0.171. The lowest BCUT2D eigenvalue weighted by Crippen LogP contribution is -2.15. The maximum absolute atomic E-state index is 5.88. The van der Waals surface area contributed by atoms with E-state index in [1.54, 1.807) is 6.20 Å². The van der Waals surface area contributed by atoms with Gasteiger partial charge in [-0.25, -0.2) is 0 Å². The standard InChI is InChI=1S/C13H15N3O2/c1-2-8-5-11-12(18-4-3-17-11)6-9(8)10-7-15-16-13(10)14/h5-7H,2-4H2,1H3,(H3,14,15,16). The van der Waals surface area contributed by atoms with Gasteiger partial charge in [-0.1, -0.05) is 6.92 Å². The number of aromatic nitrogens is 2. The minimum atomic E-state index is 0.571. The van der Waals surface area contributed by atoms with E-state index in [9.17, 15) is 0 Å². The Kier molecular flexibility index (Phi) is 2.59. The summed E-state index contributed by atoms with van der Waals surface area (Å²) in [5.41, 5.74) is 9.01. The molecule has 0 spiro atoms. The fraction of sp³-hybridized carbons (Fsp3) is 0.308. The van der Waals surface area contributed by atoms with Crippen molar-refractivity contribution in [2.75, 3.05) is 18.9 Å². The van der Waals surface area contributed by atoms with E-state index >= 15 is 0 Å². The summed E-state index contributed by atoms with van der Waals surface area (Å²) in [7, 11) is 0. The molecule has 0 saturated heterocycles. The van der Waals surface area contributed by atoms with Crippen molar-refractivity contribution in [1.82, 2.24) is 10.2 Å². The second-order valence-corrected chi connectivity index (χ2v) is 4.20. The fourth-order valence-corrected chi connectivity index (χ4v) is 2.18. The summed E-state index contributed by atoms with van der Waals surface area (Å²) < 4.78 is 11.2.